The highest BCUT2D eigenvalue weighted by Gasteiger charge is 2.19. The van der Waals surface area contributed by atoms with Crippen LogP contribution in [0.25, 0.3) is 0 Å². The zero-order chi connectivity index (χ0) is 12.3. The van der Waals surface area contributed by atoms with E-state index in [0.717, 1.165) is 11.6 Å². The molecule has 0 aliphatic heterocycles. The Bertz CT molecular complexity index is 436. The van der Waals surface area contributed by atoms with Gasteiger partial charge in [-0.25, -0.2) is 0 Å². The molecule has 0 bridgehead atoms. The zero-order valence-corrected chi connectivity index (χ0v) is 10.8. The molecule has 0 aromatic heterocycles. The number of nitrogens with zero attached hydrogens (tertiary/aromatic N) is 1. The Balaban J connectivity index is 2.06. The highest BCUT2D eigenvalue weighted by atomic mass is 35.5. The van der Waals surface area contributed by atoms with Gasteiger partial charge in [-0.2, -0.15) is 5.26 Å². The van der Waals surface area contributed by atoms with Gasteiger partial charge in [0.25, 0.3) is 0 Å². The average molecular weight is 249 g/mol. The second-order valence-corrected chi connectivity index (χ2v) is 5.33. The van der Waals surface area contributed by atoms with Gasteiger partial charge in [-0.3, -0.25) is 0 Å². The maximum atomic E-state index is 8.78. The number of anilines is 1. The Hall–Kier alpha value is -1.20. The molecule has 90 valence electrons. The van der Waals surface area contributed by atoms with Gasteiger partial charge in [-0.05, 0) is 37.0 Å². The van der Waals surface area contributed by atoms with Crippen molar-refractivity contribution in [1.82, 2.24) is 0 Å². The average Bonchev–Trinajstić information content (AvgIpc) is 2.32. The zero-order valence-electron chi connectivity index (χ0n) is 10.0. The maximum absolute atomic E-state index is 8.78. The largest absolute Gasteiger partial charge is 0.381 e. The fourth-order valence-electron chi connectivity index (χ4n) is 2.49. The lowest BCUT2D eigenvalue weighted by Crippen LogP contribution is -2.26. The van der Waals surface area contributed by atoms with Crippen LogP contribution >= 0.6 is 11.6 Å². The highest BCUT2D eigenvalue weighted by Crippen LogP contribution is 2.29. The van der Waals surface area contributed by atoms with E-state index in [2.05, 4.69) is 18.3 Å². The summed E-state index contributed by atoms with van der Waals surface area (Å²) in [6.45, 7) is 2.30. The van der Waals surface area contributed by atoms with Crippen LogP contribution < -0.4 is 5.32 Å². The molecular weight excluding hydrogens is 232 g/mol. The van der Waals surface area contributed by atoms with Gasteiger partial charge in [0.05, 0.1) is 22.3 Å². The van der Waals surface area contributed by atoms with E-state index in [9.17, 15) is 0 Å². The number of nitrogens with one attached hydrogen (secondary N) is 1. The number of rotatable bonds is 2. The van der Waals surface area contributed by atoms with E-state index in [1.54, 1.807) is 12.1 Å². The fraction of sp³-hybridized carbons (Fsp3) is 0.500. The molecule has 2 atom stereocenters. The van der Waals surface area contributed by atoms with Crippen LogP contribution in [0.3, 0.4) is 0 Å². The predicted octanol–water partition coefficient (Wildman–Crippen LogP) is 4.20. The Kier molecular flexibility index (Phi) is 3.91. The first kappa shape index (κ1) is 12.3. The fourth-order valence-corrected chi connectivity index (χ4v) is 2.72. The molecule has 0 radical (unpaired) electrons. The van der Waals surface area contributed by atoms with Crippen molar-refractivity contribution in [1.29, 1.82) is 5.26 Å². The van der Waals surface area contributed by atoms with Crippen molar-refractivity contribution in [2.24, 2.45) is 5.92 Å². The first-order chi connectivity index (χ1) is 8.19. The molecule has 0 amide bonds. The second-order valence-electron chi connectivity index (χ2n) is 4.92. The molecule has 1 fully saturated rings. The third-order valence-electron chi connectivity index (χ3n) is 3.39. The molecule has 2 nitrogen and oxygen atoms in total. The van der Waals surface area contributed by atoms with Gasteiger partial charge in [0.15, 0.2) is 0 Å². The van der Waals surface area contributed by atoms with Crippen LogP contribution in [0.5, 0.6) is 0 Å². The smallest absolute Gasteiger partial charge is 0.0992 e. The van der Waals surface area contributed by atoms with E-state index in [1.165, 1.54) is 25.7 Å². The van der Waals surface area contributed by atoms with Crippen molar-refractivity contribution >= 4 is 17.3 Å². The normalized spacial score (nSPS) is 24.1. The second kappa shape index (κ2) is 5.42. The van der Waals surface area contributed by atoms with E-state index >= 15 is 0 Å². The van der Waals surface area contributed by atoms with E-state index in [0.29, 0.717) is 16.6 Å². The molecule has 2 rings (SSSR count). The van der Waals surface area contributed by atoms with Gasteiger partial charge in [0.2, 0.25) is 0 Å². The molecule has 1 N–H and O–H groups in total. The maximum Gasteiger partial charge on any atom is 0.0992 e. The van der Waals surface area contributed by atoms with Crippen LogP contribution in [0.15, 0.2) is 18.2 Å². The standard InChI is InChI=1S/C14H17ClN2/c1-10-3-2-4-12(7-10)17-14-6-5-11(9-16)8-13(14)15/h5-6,8,10,12,17H,2-4,7H2,1H3. The van der Waals surface area contributed by atoms with E-state index < -0.39 is 0 Å². The Morgan fingerprint density at radius 2 is 2.24 bits per heavy atom. The molecule has 1 aliphatic rings. The molecule has 3 heteroatoms. The molecule has 0 heterocycles. The molecule has 0 spiro atoms. The number of benzene rings is 1. The van der Waals surface area contributed by atoms with Crippen molar-refractivity contribution in [2.75, 3.05) is 5.32 Å². The van der Waals surface area contributed by atoms with Gasteiger partial charge in [0.1, 0.15) is 0 Å². The van der Waals surface area contributed by atoms with Gasteiger partial charge in [0, 0.05) is 6.04 Å². The summed E-state index contributed by atoms with van der Waals surface area (Å²) in [6.07, 6.45) is 5.03. The Labute approximate surface area is 108 Å². The Morgan fingerprint density at radius 1 is 1.41 bits per heavy atom. The summed E-state index contributed by atoms with van der Waals surface area (Å²) in [4.78, 5) is 0. The number of hydrogen-bond acceptors (Lipinski definition) is 2. The summed E-state index contributed by atoms with van der Waals surface area (Å²) in [5.74, 6) is 0.790. The van der Waals surface area contributed by atoms with Crippen molar-refractivity contribution in [3.05, 3.63) is 28.8 Å². The summed E-state index contributed by atoms with van der Waals surface area (Å²) in [6, 6.07) is 8.04. The summed E-state index contributed by atoms with van der Waals surface area (Å²) >= 11 is 6.15. The monoisotopic (exact) mass is 248 g/mol. The molecule has 1 aromatic rings. The van der Waals surface area contributed by atoms with Gasteiger partial charge in [-0.1, -0.05) is 31.4 Å². The minimum absolute atomic E-state index is 0.518. The van der Waals surface area contributed by atoms with Gasteiger partial charge < -0.3 is 5.32 Å². The topological polar surface area (TPSA) is 35.8 Å². The molecular formula is C14H17ClN2. The molecule has 17 heavy (non-hydrogen) atoms. The van der Waals surface area contributed by atoms with Gasteiger partial charge >= 0.3 is 0 Å². The van der Waals surface area contributed by atoms with Crippen molar-refractivity contribution < 1.29 is 0 Å². The lowest BCUT2D eigenvalue weighted by atomic mass is 9.87. The highest BCUT2D eigenvalue weighted by molar-refractivity contribution is 6.33. The summed E-state index contributed by atoms with van der Waals surface area (Å²) < 4.78 is 0. The van der Waals surface area contributed by atoms with Gasteiger partial charge in [-0.15, -0.1) is 0 Å². The quantitative estimate of drug-likeness (QED) is 0.851. The van der Waals surface area contributed by atoms with Crippen molar-refractivity contribution in [2.45, 2.75) is 38.6 Å². The van der Waals surface area contributed by atoms with E-state index in [1.807, 2.05) is 6.07 Å². The molecule has 2 unspecified atom stereocenters. The van der Waals surface area contributed by atoms with Crippen LogP contribution in [0.4, 0.5) is 5.69 Å². The molecule has 0 saturated heterocycles. The van der Waals surface area contributed by atoms with E-state index in [-0.39, 0.29) is 0 Å². The first-order valence-corrected chi connectivity index (χ1v) is 6.53. The van der Waals surface area contributed by atoms with Crippen LogP contribution in [0.2, 0.25) is 5.02 Å². The lowest BCUT2D eigenvalue weighted by molar-refractivity contribution is 0.358. The van der Waals surface area contributed by atoms with E-state index in [4.69, 9.17) is 16.9 Å². The van der Waals surface area contributed by atoms with Crippen LogP contribution in [0, 0.1) is 17.2 Å². The summed E-state index contributed by atoms with van der Waals surface area (Å²) in [5.41, 5.74) is 1.56. The minimum Gasteiger partial charge on any atom is -0.381 e. The van der Waals surface area contributed by atoms with Crippen LogP contribution in [-0.2, 0) is 0 Å². The van der Waals surface area contributed by atoms with Crippen LogP contribution in [-0.4, -0.2) is 6.04 Å². The molecule has 1 aromatic carbocycles. The summed E-state index contributed by atoms with van der Waals surface area (Å²) in [7, 11) is 0. The van der Waals surface area contributed by atoms with Crippen molar-refractivity contribution in [3.8, 4) is 6.07 Å². The third kappa shape index (κ3) is 3.14. The SMILES string of the molecule is CC1CCCC(Nc2ccc(C#N)cc2Cl)C1. The number of halogens is 1. The molecule has 1 saturated carbocycles. The number of nitriles is 1. The van der Waals surface area contributed by atoms with Crippen LogP contribution in [0.1, 0.15) is 38.2 Å². The lowest BCUT2D eigenvalue weighted by Gasteiger charge is -2.28. The number of hydrogen-bond donors (Lipinski definition) is 1. The third-order valence-corrected chi connectivity index (χ3v) is 3.71. The first-order valence-electron chi connectivity index (χ1n) is 6.15. The summed E-state index contributed by atoms with van der Waals surface area (Å²) in [5, 5.41) is 12.9. The minimum atomic E-state index is 0.518. The van der Waals surface area contributed by atoms with Crippen molar-refractivity contribution in [3.63, 3.8) is 0 Å². The Morgan fingerprint density at radius 3 is 2.88 bits per heavy atom. The molecule has 1 aliphatic carbocycles. The predicted molar refractivity (Wildman–Crippen MR) is 71.2 cm³/mol.